The van der Waals surface area contributed by atoms with Crippen molar-refractivity contribution in [3.8, 4) is 5.75 Å². The van der Waals surface area contributed by atoms with Gasteiger partial charge in [-0.1, -0.05) is 35.2 Å². The maximum absolute atomic E-state index is 9.26. The van der Waals surface area contributed by atoms with Crippen LogP contribution in [0, 0.1) is 0 Å². The Balaban J connectivity index is 1.99. The first-order chi connectivity index (χ1) is 7.24. The molecule has 0 unspecified atom stereocenters. The van der Waals surface area contributed by atoms with E-state index in [9.17, 15) is 5.11 Å². The number of anilines is 1. The molecule has 1 aromatic carbocycles. The van der Waals surface area contributed by atoms with Crippen LogP contribution >= 0.6 is 23.1 Å². The fourth-order valence-corrected chi connectivity index (χ4v) is 2.65. The van der Waals surface area contributed by atoms with E-state index in [1.54, 1.807) is 23.9 Å². The minimum absolute atomic E-state index is 0.282. The predicted octanol–water partition coefficient (Wildman–Crippen LogP) is 2.12. The van der Waals surface area contributed by atoms with E-state index in [0.29, 0.717) is 5.13 Å². The van der Waals surface area contributed by atoms with E-state index < -0.39 is 0 Å². The highest BCUT2D eigenvalue weighted by Gasteiger charge is 2.02. The number of nitrogens with two attached hydrogens (primary N) is 1. The van der Waals surface area contributed by atoms with E-state index in [-0.39, 0.29) is 5.75 Å². The topological polar surface area (TPSA) is 72.0 Å². The molecule has 78 valence electrons. The number of hydrogen-bond donors (Lipinski definition) is 2. The highest BCUT2D eigenvalue weighted by Crippen LogP contribution is 2.27. The molecule has 0 spiro atoms. The zero-order valence-electron chi connectivity index (χ0n) is 7.75. The molecule has 0 radical (unpaired) electrons. The van der Waals surface area contributed by atoms with Gasteiger partial charge in [0.25, 0.3) is 0 Å². The molecule has 0 amide bonds. The van der Waals surface area contributed by atoms with Crippen LogP contribution in [-0.4, -0.2) is 15.3 Å². The quantitative estimate of drug-likeness (QED) is 0.803. The molecule has 2 rings (SSSR count). The molecule has 6 heteroatoms. The van der Waals surface area contributed by atoms with E-state index in [2.05, 4.69) is 10.2 Å². The summed E-state index contributed by atoms with van der Waals surface area (Å²) in [5.41, 5.74) is 6.51. The average molecular weight is 239 g/mol. The summed E-state index contributed by atoms with van der Waals surface area (Å²) < 4.78 is 0.843. The largest absolute Gasteiger partial charge is 0.508 e. The van der Waals surface area contributed by atoms with Gasteiger partial charge >= 0.3 is 0 Å². The number of nitrogen functional groups attached to an aromatic ring is 1. The Kier molecular flexibility index (Phi) is 3.08. The maximum Gasteiger partial charge on any atom is 0.203 e. The Morgan fingerprint density at radius 1 is 1.40 bits per heavy atom. The number of aromatic nitrogens is 2. The van der Waals surface area contributed by atoms with Gasteiger partial charge in [-0.15, -0.1) is 10.2 Å². The number of thioether (sulfide) groups is 1. The molecule has 1 aromatic heterocycles. The molecule has 15 heavy (non-hydrogen) atoms. The molecule has 0 atom stereocenters. The molecule has 0 aliphatic rings. The maximum atomic E-state index is 9.26. The summed E-state index contributed by atoms with van der Waals surface area (Å²) >= 11 is 2.92. The van der Waals surface area contributed by atoms with E-state index in [4.69, 9.17) is 5.73 Å². The van der Waals surface area contributed by atoms with E-state index in [0.717, 1.165) is 15.7 Å². The molecule has 0 bridgehead atoms. The minimum Gasteiger partial charge on any atom is -0.508 e. The lowest BCUT2D eigenvalue weighted by molar-refractivity contribution is 0.475. The van der Waals surface area contributed by atoms with E-state index in [1.165, 1.54) is 11.3 Å². The zero-order valence-corrected chi connectivity index (χ0v) is 9.38. The number of phenolic OH excluding ortho intramolecular Hbond substituents is 1. The van der Waals surface area contributed by atoms with Crippen molar-refractivity contribution in [2.24, 2.45) is 0 Å². The summed E-state index contributed by atoms with van der Waals surface area (Å²) in [4.78, 5) is 0. The third-order valence-electron chi connectivity index (χ3n) is 1.69. The summed E-state index contributed by atoms with van der Waals surface area (Å²) in [6.07, 6.45) is 0. The van der Waals surface area contributed by atoms with Gasteiger partial charge in [-0.05, 0) is 17.7 Å². The first kappa shape index (κ1) is 10.3. The van der Waals surface area contributed by atoms with Crippen LogP contribution in [0.5, 0.6) is 5.75 Å². The van der Waals surface area contributed by atoms with Crippen LogP contribution in [0.4, 0.5) is 5.13 Å². The van der Waals surface area contributed by atoms with E-state index >= 15 is 0 Å². The molecular formula is C9H9N3OS2. The van der Waals surface area contributed by atoms with Gasteiger partial charge < -0.3 is 10.8 Å². The fourth-order valence-electron chi connectivity index (χ4n) is 1.07. The second-order valence-electron chi connectivity index (χ2n) is 2.86. The Morgan fingerprint density at radius 2 is 2.27 bits per heavy atom. The smallest absolute Gasteiger partial charge is 0.203 e. The van der Waals surface area contributed by atoms with Crippen LogP contribution in [-0.2, 0) is 5.75 Å². The van der Waals surface area contributed by atoms with Crippen molar-refractivity contribution in [3.63, 3.8) is 0 Å². The van der Waals surface area contributed by atoms with Crippen molar-refractivity contribution in [1.82, 2.24) is 10.2 Å². The summed E-state index contributed by atoms with van der Waals surface area (Å²) in [6, 6.07) is 7.16. The molecule has 1 heterocycles. The minimum atomic E-state index is 0.282. The van der Waals surface area contributed by atoms with Crippen LogP contribution in [0.25, 0.3) is 0 Å². The Hall–Kier alpha value is -1.27. The van der Waals surface area contributed by atoms with Gasteiger partial charge in [0.2, 0.25) is 5.13 Å². The van der Waals surface area contributed by atoms with Crippen LogP contribution in [0.15, 0.2) is 28.6 Å². The normalized spacial score (nSPS) is 10.4. The third-order valence-corrected chi connectivity index (χ3v) is 3.65. The van der Waals surface area contributed by atoms with Crippen molar-refractivity contribution in [3.05, 3.63) is 29.8 Å². The first-order valence-corrected chi connectivity index (χ1v) is 6.04. The molecule has 3 N–H and O–H groups in total. The van der Waals surface area contributed by atoms with Crippen molar-refractivity contribution in [1.29, 1.82) is 0 Å². The van der Waals surface area contributed by atoms with Gasteiger partial charge in [0.1, 0.15) is 5.75 Å². The average Bonchev–Trinajstić information content (AvgIpc) is 2.62. The Labute approximate surface area is 95.2 Å². The monoisotopic (exact) mass is 239 g/mol. The summed E-state index contributed by atoms with van der Waals surface area (Å²) in [5, 5.41) is 17.4. The second-order valence-corrected chi connectivity index (χ2v) is 5.10. The highest BCUT2D eigenvalue weighted by atomic mass is 32.2. The summed E-state index contributed by atoms with van der Waals surface area (Å²) in [5.74, 6) is 1.04. The van der Waals surface area contributed by atoms with Crippen molar-refractivity contribution >= 4 is 28.2 Å². The lowest BCUT2D eigenvalue weighted by Gasteiger charge is -1.98. The molecule has 0 saturated carbocycles. The van der Waals surface area contributed by atoms with Gasteiger partial charge in [0, 0.05) is 5.75 Å². The number of nitrogens with zero attached hydrogens (tertiary/aromatic N) is 2. The standard InChI is InChI=1S/C9H9N3OS2/c10-8-11-12-9(15-8)14-5-6-2-1-3-7(13)4-6/h1-4,13H,5H2,(H2,10,11). The molecule has 0 aliphatic carbocycles. The number of benzene rings is 1. The van der Waals surface area contributed by atoms with Crippen molar-refractivity contribution in [2.45, 2.75) is 10.1 Å². The van der Waals surface area contributed by atoms with Crippen LogP contribution < -0.4 is 5.73 Å². The van der Waals surface area contributed by atoms with Gasteiger partial charge in [-0.2, -0.15) is 0 Å². The summed E-state index contributed by atoms with van der Waals surface area (Å²) in [6.45, 7) is 0. The van der Waals surface area contributed by atoms with Gasteiger partial charge in [-0.3, -0.25) is 0 Å². The molecule has 4 nitrogen and oxygen atoms in total. The summed E-state index contributed by atoms with van der Waals surface area (Å²) in [7, 11) is 0. The van der Waals surface area contributed by atoms with E-state index in [1.807, 2.05) is 12.1 Å². The van der Waals surface area contributed by atoms with Gasteiger partial charge in [-0.25, -0.2) is 0 Å². The van der Waals surface area contributed by atoms with Crippen LogP contribution in [0.1, 0.15) is 5.56 Å². The van der Waals surface area contributed by atoms with Crippen molar-refractivity contribution < 1.29 is 5.11 Å². The van der Waals surface area contributed by atoms with Gasteiger partial charge in [0.05, 0.1) is 0 Å². The van der Waals surface area contributed by atoms with Gasteiger partial charge in [0.15, 0.2) is 4.34 Å². The molecule has 0 fully saturated rings. The molecule has 2 aromatic rings. The lowest BCUT2D eigenvalue weighted by Crippen LogP contribution is -1.80. The third kappa shape index (κ3) is 2.84. The van der Waals surface area contributed by atoms with Crippen molar-refractivity contribution in [2.75, 3.05) is 5.73 Å². The molecular weight excluding hydrogens is 230 g/mol. The lowest BCUT2D eigenvalue weighted by atomic mass is 10.2. The van der Waals surface area contributed by atoms with Crippen LogP contribution in [0.3, 0.4) is 0 Å². The first-order valence-electron chi connectivity index (χ1n) is 4.24. The molecule has 0 saturated heterocycles. The Morgan fingerprint density at radius 3 is 2.93 bits per heavy atom. The second kappa shape index (κ2) is 4.50. The Bertz CT molecular complexity index is 458. The number of phenols is 1. The number of hydrogen-bond acceptors (Lipinski definition) is 6. The van der Waals surface area contributed by atoms with Crippen LogP contribution in [0.2, 0.25) is 0 Å². The molecule has 0 aliphatic heterocycles. The fraction of sp³-hybridized carbons (Fsp3) is 0.111. The number of aromatic hydroxyl groups is 1. The number of rotatable bonds is 3. The SMILES string of the molecule is Nc1nnc(SCc2cccc(O)c2)s1. The highest BCUT2D eigenvalue weighted by molar-refractivity contribution is 8.00. The predicted molar refractivity (Wildman–Crippen MR) is 62.0 cm³/mol. The zero-order chi connectivity index (χ0) is 10.7.